The highest BCUT2D eigenvalue weighted by Crippen LogP contribution is 2.15. The fourth-order valence-corrected chi connectivity index (χ4v) is 3.63. The van der Waals surface area contributed by atoms with Crippen molar-refractivity contribution in [3.05, 3.63) is 63.0 Å². The van der Waals surface area contributed by atoms with E-state index in [-0.39, 0.29) is 11.5 Å². The van der Waals surface area contributed by atoms with E-state index in [0.717, 1.165) is 5.56 Å². The number of amides is 1. The summed E-state index contributed by atoms with van der Waals surface area (Å²) in [6.45, 7) is 2.56. The van der Waals surface area contributed by atoms with E-state index in [9.17, 15) is 9.59 Å². The van der Waals surface area contributed by atoms with Crippen molar-refractivity contribution in [1.82, 2.24) is 15.3 Å². The smallest absolute Gasteiger partial charge is 0.268 e. The first-order valence-electron chi connectivity index (χ1n) is 7.48. The molecule has 2 aromatic heterocycles. The van der Waals surface area contributed by atoms with Gasteiger partial charge >= 0.3 is 0 Å². The molecule has 3 rings (SSSR count). The quantitative estimate of drug-likeness (QED) is 0.710. The summed E-state index contributed by atoms with van der Waals surface area (Å²) >= 11 is 2.81. The standard InChI is InChI=1S/C17H17N3O2S2/c1-11-2-4-12(5-3-11)8-18-15(21)10-23-9-14-19-13-6-7-24-16(13)17(22)20-14/h2-7H,8-10H2,1H3,(H,18,21)(H,19,20,22). The molecule has 1 aromatic carbocycles. The lowest BCUT2D eigenvalue weighted by atomic mass is 10.1. The molecule has 0 unspecified atom stereocenters. The van der Waals surface area contributed by atoms with Crippen LogP contribution in [0.25, 0.3) is 10.2 Å². The number of H-pyrrole nitrogens is 1. The summed E-state index contributed by atoms with van der Waals surface area (Å²) in [5, 5.41) is 4.74. The molecule has 0 aliphatic carbocycles. The molecule has 2 N–H and O–H groups in total. The maximum atomic E-state index is 11.9. The summed E-state index contributed by atoms with van der Waals surface area (Å²) in [5.74, 6) is 1.40. The van der Waals surface area contributed by atoms with Gasteiger partial charge in [0.25, 0.3) is 5.56 Å². The number of nitrogens with zero attached hydrogens (tertiary/aromatic N) is 1. The van der Waals surface area contributed by atoms with Gasteiger partial charge in [0.05, 0.1) is 17.0 Å². The first-order valence-corrected chi connectivity index (χ1v) is 9.51. The average Bonchev–Trinajstić information content (AvgIpc) is 3.03. The molecule has 0 saturated carbocycles. The lowest BCUT2D eigenvalue weighted by Crippen LogP contribution is -2.24. The number of fused-ring (bicyclic) bond motifs is 1. The van der Waals surface area contributed by atoms with Crippen LogP contribution in [0, 0.1) is 6.92 Å². The fourth-order valence-electron chi connectivity index (χ4n) is 2.19. The Bertz CT molecular complexity index is 900. The normalized spacial score (nSPS) is 10.9. The Morgan fingerprint density at radius 1 is 1.29 bits per heavy atom. The zero-order valence-electron chi connectivity index (χ0n) is 13.2. The zero-order chi connectivity index (χ0) is 16.9. The summed E-state index contributed by atoms with van der Waals surface area (Å²) in [7, 11) is 0. The van der Waals surface area contributed by atoms with Gasteiger partial charge in [0.15, 0.2) is 0 Å². The van der Waals surface area contributed by atoms with Crippen molar-refractivity contribution in [1.29, 1.82) is 0 Å². The van der Waals surface area contributed by atoms with Gasteiger partial charge in [-0.15, -0.1) is 23.1 Å². The third kappa shape index (κ3) is 4.24. The first-order chi connectivity index (χ1) is 11.6. The number of benzene rings is 1. The molecule has 3 aromatic rings. The van der Waals surface area contributed by atoms with E-state index >= 15 is 0 Å². The largest absolute Gasteiger partial charge is 0.351 e. The second-order valence-electron chi connectivity index (χ2n) is 5.40. The highest BCUT2D eigenvalue weighted by molar-refractivity contribution is 7.99. The fraction of sp³-hybridized carbons (Fsp3) is 0.235. The molecule has 0 atom stereocenters. The maximum Gasteiger partial charge on any atom is 0.268 e. The molecule has 5 nitrogen and oxygen atoms in total. The minimum atomic E-state index is -0.116. The van der Waals surface area contributed by atoms with Crippen molar-refractivity contribution in [3.63, 3.8) is 0 Å². The maximum absolute atomic E-state index is 11.9. The van der Waals surface area contributed by atoms with Gasteiger partial charge in [0.1, 0.15) is 10.5 Å². The summed E-state index contributed by atoms with van der Waals surface area (Å²) in [4.78, 5) is 30.9. The Hall–Kier alpha value is -2.12. The molecule has 0 spiro atoms. The third-order valence-corrected chi connectivity index (χ3v) is 5.29. The van der Waals surface area contributed by atoms with Gasteiger partial charge in [0.2, 0.25) is 5.91 Å². The Balaban J connectivity index is 1.47. The van der Waals surface area contributed by atoms with E-state index in [2.05, 4.69) is 15.3 Å². The minimum absolute atomic E-state index is 0.0282. The van der Waals surface area contributed by atoms with E-state index in [1.807, 2.05) is 42.6 Å². The van der Waals surface area contributed by atoms with Crippen LogP contribution in [0.15, 0.2) is 40.5 Å². The Kier molecular flexibility index (Phi) is 5.32. The third-order valence-electron chi connectivity index (χ3n) is 3.45. The topological polar surface area (TPSA) is 74.8 Å². The van der Waals surface area contributed by atoms with Crippen LogP contribution >= 0.6 is 23.1 Å². The van der Waals surface area contributed by atoms with Crippen LogP contribution in [0.2, 0.25) is 0 Å². The number of rotatable bonds is 6. The van der Waals surface area contributed by atoms with E-state index < -0.39 is 0 Å². The van der Waals surface area contributed by atoms with Gasteiger partial charge in [-0.2, -0.15) is 0 Å². The summed E-state index contributed by atoms with van der Waals surface area (Å²) in [6.07, 6.45) is 0. The predicted molar refractivity (Wildman–Crippen MR) is 99.4 cm³/mol. The van der Waals surface area contributed by atoms with Gasteiger partial charge < -0.3 is 10.3 Å². The first kappa shape index (κ1) is 16.7. The second kappa shape index (κ2) is 7.63. The van der Waals surface area contributed by atoms with Gasteiger partial charge in [-0.25, -0.2) is 4.98 Å². The SMILES string of the molecule is Cc1ccc(CNC(=O)CSCc2nc3ccsc3c(=O)[nH]2)cc1. The predicted octanol–water partition coefficient (Wildman–Crippen LogP) is 2.84. The minimum Gasteiger partial charge on any atom is -0.351 e. The number of carbonyl (C=O) groups excluding carboxylic acids is 1. The number of aromatic amines is 1. The molecule has 0 bridgehead atoms. The van der Waals surface area contributed by atoms with Crippen molar-refractivity contribution in [2.24, 2.45) is 0 Å². The van der Waals surface area contributed by atoms with Gasteiger partial charge in [-0.3, -0.25) is 9.59 Å². The van der Waals surface area contributed by atoms with E-state index in [1.165, 1.54) is 28.7 Å². The molecule has 0 radical (unpaired) electrons. The number of aryl methyl sites for hydroxylation is 1. The number of hydrogen-bond acceptors (Lipinski definition) is 5. The highest BCUT2D eigenvalue weighted by Gasteiger charge is 2.07. The molecule has 1 amide bonds. The molecule has 0 saturated heterocycles. The average molecular weight is 359 g/mol. The number of nitrogens with one attached hydrogen (secondary N) is 2. The molecule has 124 valence electrons. The number of thiophene rings is 1. The Morgan fingerprint density at radius 2 is 2.08 bits per heavy atom. The van der Waals surface area contributed by atoms with Crippen LogP contribution < -0.4 is 10.9 Å². The summed E-state index contributed by atoms with van der Waals surface area (Å²) in [5.41, 5.74) is 2.87. The number of aromatic nitrogens is 2. The monoisotopic (exact) mass is 359 g/mol. The zero-order valence-corrected chi connectivity index (χ0v) is 14.8. The second-order valence-corrected chi connectivity index (χ2v) is 7.30. The van der Waals surface area contributed by atoms with Gasteiger partial charge in [-0.05, 0) is 23.9 Å². The van der Waals surface area contributed by atoms with Gasteiger partial charge in [-0.1, -0.05) is 29.8 Å². The van der Waals surface area contributed by atoms with Crippen LogP contribution in [0.1, 0.15) is 17.0 Å². The van der Waals surface area contributed by atoms with Crippen LogP contribution in [0.3, 0.4) is 0 Å². The number of hydrogen-bond donors (Lipinski definition) is 2. The molecule has 2 heterocycles. The Morgan fingerprint density at radius 3 is 2.88 bits per heavy atom. The molecule has 7 heteroatoms. The molecule has 0 fully saturated rings. The van der Waals surface area contributed by atoms with Crippen LogP contribution in [-0.4, -0.2) is 21.6 Å². The molecule has 0 aliphatic rings. The molecular formula is C17H17N3O2S2. The lowest BCUT2D eigenvalue weighted by molar-refractivity contribution is -0.118. The van der Waals surface area contributed by atoms with E-state index in [4.69, 9.17) is 0 Å². The van der Waals surface area contributed by atoms with Crippen molar-refractivity contribution < 1.29 is 4.79 Å². The van der Waals surface area contributed by atoms with Crippen LogP contribution in [-0.2, 0) is 17.1 Å². The van der Waals surface area contributed by atoms with Crippen LogP contribution in [0.4, 0.5) is 0 Å². The van der Waals surface area contributed by atoms with Crippen molar-refractivity contribution in [3.8, 4) is 0 Å². The molecular weight excluding hydrogens is 342 g/mol. The van der Waals surface area contributed by atoms with Gasteiger partial charge in [0, 0.05) is 6.54 Å². The highest BCUT2D eigenvalue weighted by atomic mass is 32.2. The van der Waals surface area contributed by atoms with E-state index in [0.29, 0.717) is 34.1 Å². The van der Waals surface area contributed by atoms with Crippen molar-refractivity contribution in [2.75, 3.05) is 5.75 Å². The molecule has 24 heavy (non-hydrogen) atoms. The van der Waals surface area contributed by atoms with Crippen molar-refractivity contribution in [2.45, 2.75) is 19.2 Å². The van der Waals surface area contributed by atoms with E-state index in [1.54, 1.807) is 0 Å². The molecule has 0 aliphatic heterocycles. The Labute approximate surface area is 147 Å². The van der Waals surface area contributed by atoms with Crippen molar-refractivity contribution >= 4 is 39.2 Å². The van der Waals surface area contributed by atoms with Crippen LogP contribution in [0.5, 0.6) is 0 Å². The summed E-state index contributed by atoms with van der Waals surface area (Å²) in [6, 6.07) is 9.90. The lowest BCUT2D eigenvalue weighted by Gasteiger charge is -2.06. The number of thioether (sulfide) groups is 1. The number of carbonyl (C=O) groups is 1. The summed E-state index contributed by atoms with van der Waals surface area (Å²) < 4.78 is 0.639.